The highest BCUT2D eigenvalue weighted by atomic mass is 35.5. The molecule has 1 atom stereocenters. The van der Waals surface area contributed by atoms with Crippen LogP contribution in [0, 0.1) is 0 Å². The molecule has 0 aliphatic carbocycles. The summed E-state index contributed by atoms with van der Waals surface area (Å²) in [5, 5.41) is 0.765. The molecular formula is C21H23ClN2O3S. The molecule has 2 aromatic rings. The number of carbonyl (C=O) groups excluding carboxylic acids is 1. The van der Waals surface area contributed by atoms with E-state index in [1.165, 1.54) is 4.90 Å². The van der Waals surface area contributed by atoms with Crippen LogP contribution in [0.5, 0.6) is 11.5 Å². The van der Waals surface area contributed by atoms with Crippen LogP contribution in [0.25, 0.3) is 0 Å². The molecule has 2 aliphatic heterocycles. The summed E-state index contributed by atoms with van der Waals surface area (Å²) in [7, 11) is 0. The molecule has 28 heavy (non-hydrogen) atoms. The van der Waals surface area contributed by atoms with Gasteiger partial charge in [-0.15, -0.1) is 11.8 Å². The van der Waals surface area contributed by atoms with Crippen molar-refractivity contribution < 1.29 is 14.3 Å². The van der Waals surface area contributed by atoms with Crippen LogP contribution in [-0.4, -0.2) is 66.9 Å². The zero-order valence-electron chi connectivity index (χ0n) is 15.6. The van der Waals surface area contributed by atoms with Crippen molar-refractivity contribution in [3.05, 3.63) is 53.6 Å². The molecule has 148 valence electrons. The second-order valence-corrected chi connectivity index (χ2v) is 8.44. The van der Waals surface area contributed by atoms with E-state index >= 15 is 0 Å². The normalized spacial score (nSPS) is 19.5. The van der Waals surface area contributed by atoms with E-state index in [2.05, 4.69) is 4.90 Å². The lowest BCUT2D eigenvalue weighted by Gasteiger charge is -2.37. The molecule has 5 nitrogen and oxygen atoms in total. The van der Waals surface area contributed by atoms with Crippen molar-refractivity contribution in [2.45, 2.75) is 11.0 Å². The Morgan fingerprint density at radius 3 is 2.50 bits per heavy atom. The maximum absolute atomic E-state index is 12.8. The van der Waals surface area contributed by atoms with Crippen molar-refractivity contribution in [2.75, 3.05) is 45.1 Å². The van der Waals surface area contributed by atoms with Crippen LogP contribution < -0.4 is 9.47 Å². The van der Waals surface area contributed by atoms with E-state index in [0.717, 1.165) is 43.5 Å². The molecule has 0 N–H and O–H groups in total. The summed E-state index contributed by atoms with van der Waals surface area (Å²) in [6.07, 6.45) is -0.554. The minimum atomic E-state index is -0.554. The smallest absolute Gasteiger partial charge is 0.267 e. The number of halogens is 1. The van der Waals surface area contributed by atoms with Gasteiger partial charge in [0.05, 0.1) is 0 Å². The molecule has 1 unspecified atom stereocenters. The Labute approximate surface area is 174 Å². The van der Waals surface area contributed by atoms with Crippen LogP contribution in [0.1, 0.15) is 0 Å². The molecule has 1 saturated heterocycles. The predicted octanol–water partition coefficient (Wildman–Crippen LogP) is 3.42. The maximum Gasteiger partial charge on any atom is 0.267 e. The van der Waals surface area contributed by atoms with E-state index in [-0.39, 0.29) is 12.5 Å². The summed E-state index contributed by atoms with van der Waals surface area (Å²) in [5.41, 5.74) is 0. The summed E-state index contributed by atoms with van der Waals surface area (Å²) >= 11 is 7.75. The molecule has 0 bridgehead atoms. The Bertz CT molecular complexity index is 810. The van der Waals surface area contributed by atoms with Gasteiger partial charge >= 0.3 is 0 Å². The van der Waals surface area contributed by atoms with Gasteiger partial charge in [0.25, 0.3) is 5.91 Å². The lowest BCUT2D eigenvalue weighted by molar-refractivity contribution is -0.142. The maximum atomic E-state index is 12.8. The molecule has 2 heterocycles. The third kappa shape index (κ3) is 4.74. The van der Waals surface area contributed by atoms with Crippen LogP contribution >= 0.6 is 23.4 Å². The van der Waals surface area contributed by atoms with E-state index in [9.17, 15) is 4.79 Å². The molecule has 2 aliphatic rings. The minimum Gasteiger partial charge on any atom is -0.485 e. The summed E-state index contributed by atoms with van der Waals surface area (Å²) in [6.45, 7) is 4.51. The topological polar surface area (TPSA) is 42.0 Å². The second kappa shape index (κ2) is 9.07. The minimum absolute atomic E-state index is 0.0182. The van der Waals surface area contributed by atoms with Crippen molar-refractivity contribution >= 4 is 29.3 Å². The molecular weight excluding hydrogens is 396 g/mol. The Hall–Kier alpha value is -1.89. The third-order valence-corrected chi connectivity index (χ3v) is 6.20. The number of para-hydroxylation sites is 2. The number of ether oxygens (including phenoxy) is 2. The fourth-order valence-corrected chi connectivity index (χ4v) is 4.40. The first-order chi connectivity index (χ1) is 13.7. The summed E-state index contributed by atoms with van der Waals surface area (Å²) in [4.78, 5) is 18.3. The molecule has 2 aromatic carbocycles. The van der Waals surface area contributed by atoms with Crippen molar-refractivity contribution in [1.82, 2.24) is 9.80 Å². The highest BCUT2D eigenvalue weighted by Gasteiger charge is 2.32. The highest BCUT2D eigenvalue weighted by Crippen LogP contribution is 2.31. The Balaban J connectivity index is 1.21. The van der Waals surface area contributed by atoms with Crippen molar-refractivity contribution in [2.24, 2.45) is 0 Å². The van der Waals surface area contributed by atoms with Crippen LogP contribution in [0.3, 0.4) is 0 Å². The number of hydrogen-bond donors (Lipinski definition) is 0. The van der Waals surface area contributed by atoms with Gasteiger partial charge in [-0.2, -0.15) is 0 Å². The van der Waals surface area contributed by atoms with Gasteiger partial charge in [0.2, 0.25) is 6.10 Å². The number of hydrogen-bond acceptors (Lipinski definition) is 5. The largest absolute Gasteiger partial charge is 0.485 e. The van der Waals surface area contributed by atoms with Crippen LogP contribution in [0.4, 0.5) is 0 Å². The van der Waals surface area contributed by atoms with Crippen molar-refractivity contribution in [1.29, 1.82) is 0 Å². The molecule has 0 spiro atoms. The van der Waals surface area contributed by atoms with Gasteiger partial charge in [-0.05, 0) is 36.4 Å². The van der Waals surface area contributed by atoms with Gasteiger partial charge in [0.15, 0.2) is 11.5 Å². The quantitative estimate of drug-likeness (QED) is 0.696. The second-order valence-electron chi connectivity index (χ2n) is 6.83. The van der Waals surface area contributed by atoms with Gasteiger partial charge < -0.3 is 14.4 Å². The van der Waals surface area contributed by atoms with E-state index < -0.39 is 6.10 Å². The molecule has 7 heteroatoms. The summed E-state index contributed by atoms with van der Waals surface area (Å²) in [5.74, 6) is 2.38. The average Bonchev–Trinajstić information content (AvgIpc) is 2.75. The first-order valence-electron chi connectivity index (χ1n) is 9.47. The Morgan fingerprint density at radius 2 is 1.75 bits per heavy atom. The average molecular weight is 419 g/mol. The number of nitrogens with zero attached hydrogens (tertiary/aromatic N) is 2. The lowest BCUT2D eigenvalue weighted by atomic mass is 10.2. The summed E-state index contributed by atoms with van der Waals surface area (Å²) in [6, 6.07) is 15.4. The molecule has 0 saturated carbocycles. The number of amides is 1. The zero-order valence-corrected chi connectivity index (χ0v) is 17.1. The Kier molecular flexibility index (Phi) is 6.29. The molecule has 4 rings (SSSR count). The monoisotopic (exact) mass is 418 g/mol. The fraction of sp³-hybridized carbons (Fsp3) is 0.381. The number of piperazine rings is 1. The molecule has 0 aromatic heterocycles. The predicted molar refractivity (Wildman–Crippen MR) is 112 cm³/mol. The standard InChI is InChI=1S/C21H23ClN2O3S/c22-16-5-7-17(8-6-16)28-14-13-23-9-11-24(12-10-23)21(25)20-15-26-18-3-1-2-4-19(18)27-20/h1-8,20H,9-15H2. The van der Waals surface area contributed by atoms with Crippen LogP contribution in [0.2, 0.25) is 5.02 Å². The number of carbonyl (C=O) groups is 1. The third-order valence-electron chi connectivity index (χ3n) is 4.96. The highest BCUT2D eigenvalue weighted by molar-refractivity contribution is 7.99. The van der Waals surface area contributed by atoms with Crippen molar-refractivity contribution in [3.63, 3.8) is 0 Å². The van der Waals surface area contributed by atoms with Gasteiger partial charge in [0, 0.05) is 48.4 Å². The zero-order chi connectivity index (χ0) is 19.3. The molecule has 1 fully saturated rings. The lowest BCUT2D eigenvalue weighted by Crippen LogP contribution is -2.54. The molecule has 1 amide bonds. The van der Waals surface area contributed by atoms with Gasteiger partial charge in [-0.3, -0.25) is 9.69 Å². The fourth-order valence-electron chi connectivity index (χ4n) is 3.36. The van der Waals surface area contributed by atoms with Crippen molar-refractivity contribution in [3.8, 4) is 11.5 Å². The van der Waals surface area contributed by atoms with E-state index in [0.29, 0.717) is 11.5 Å². The number of benzene rings is 2. The van der Waals surface area contributed by atoms with E-state index in [1.807, 2.05) is 65.2 Å². The van der Waals surface area contributed by atoms with Crippen LogP contribution in [0.15, 0.2) is 53.4 Å². The number of fused-ring (bicyclic) bond motifs is 1. The Morgan fingerprint density at radius 1 is 1.04 bits per heavy atom. The molecule has 0 radical (unpaired) electrons. The number of thioether (sulfide) groups is 1. The summed E-state index contributed by atoms with van der Waals surface area (Å²) < 4.78 is 11.5. The van der Waals surface area contributed by atoms with Gasteiger partial charge in [-0.25, -0.2) is 0 Å². The van der Waals surface area contributed by atoms with Gasteiger partial charge in [0.1, 0.15) is 6.61 Å². The van der Waals surface area contributed by atoms with Gasteiger partial charge in [-0.1, -0.05) is 23.7 Å². The van der Waals surface area contributed by atoms with Crippen LogP contribution in [-0.2, 0) is 4.79 Å². The first kappa shape index (κ1) is 19.4. The first-order valence-corrected chi connectivity index (χ1v) is 10.8. The SMILES string of the molecule is O=C(C1COc2ccccc2O1)N1CCN(CCSc2ccc(Cl)cc2)CC1. The van der Waals surface area contributed by atoms with E-state index in [1.54, 1.807) is 0 Å². The number of rotatable bonds is 5. The van der Waals surface area contributed by atoms with E-state index in [4.69, 9.17) is 21.1 Å².